The molecule has 1 atom stereocenters. The molecule has 0 aliphatic carbocycles. The minimum atomic E-state index is -0.320. The van der Waals surface area contributed by atoms with Gasteiger partial charge < -0.3 is 0 Å². The molecule has 0 spiro atoms. The average molecular weight is 416 g/mol. The van der Waals surface area contributed by atoms with Crippen molar-refractivity contribution in [2.45, 2.75) is 18.6 Å². The van der Waals surface area contributed by atoms with Gasteiger partial charge in [0.1, 0.15) is 5.82 Å². The van der Waals surface area contributed by atoms with E-state index in [1.165, 1.54) is 23.9 Å². The van der Waals surface area contributed by atoms with Crippen LogP contribution in [0.5, 0.6) is 0 Å². The summed E-state index contributed by atoms with van der Waals surface area (Å²) >= 11 is 7.60. The Morgan fingerprint density at radius 1 is 1.29 bits per heavy atom. The third-order valence-corrected chi connectivity index (χ3v) is 5.78. The molecule has 0 N–H and O–H groups in total. The van der Waals surface area contributed by atoms with Crippen LogP contribution in [-0.4, -0.2) is 33.5 Å². The third kappa shape index (κ3) is 4.69. The lowest BCUT2D eigenvalue weighted by Crippen LogP contribution is -2.32. The first kappa shape index (κ1) is 20.3. The van der Waals surface area contributed by atoms with Gasteiger partial charge in [-0.15, -0.1) is 11.7 Å². The van der Waals surface area contributed by atoms with Crippen molar-refractivity contribution in [3.8, 4) is 0 Å². The minimum absolute atomic E-state index is 0.0433. The molecule has 0 saturated carbocycles. The SMILES string of the molecule is C=CCN1C(=O)[C@@H](Cc2ccccc2Cl)S/C1=N\N=C(/C)c1ccc(F)cc1. The van der Waals surface area contributed by atoms with E-state index in [4.69, 9.17) is 11.6 Å². The number of hydrogen-bond donors (Lipinski definition) is 0. The van der Waals surface area contributed by atoms with Crippen molar-refractivity contribution in [2.24, 2.45) is 10.2 Å². The predicted octanol–water partition coefficient (Wildman–Crippen LogP) is 4.93. The van der Waals surface area contributed by atoms with Gasteiger partial charge in [0, 0.05) is 11.6 Å². The van der Waals surface area contributed by atoms with Crippen molar-refractivity contribution in [1.29, 1.82) is 0 Å². The van der Waals surface area contributed by atoms with Crippen LogP contribution >= 0.6 is 23.4 Å². The largest absolute Gasteiger partial charge is 0.285 e. The van der Waals surface area contributed by atoms with E-state index in [2.05, 4.69) is 16.8 Å². The molecule has 2 aromatic carbocycles. The summed E-state index contributed by atoms with van der Waals surface area (Å²) in [7, 11) is 0. The van der Waals surface area contributed by atoms with Crippen molar-refractivity contribution >= 4 is 40.1 Å². The highest BCUT2D eigenvalue weighted by atomic mass is 35.5. The van der Waals surface area contributed by atoms with Crippen LogP contribution in [0.3, 0.4) is 0 Å². The van der Waals surface area contributed by atoms with Crippen molar-refractivity contribution in [2.75, 3.05) is 6.54 Å². The first-order chi connectivity index (χ1) is 13.5. The van der Waals surface area contributed by atoms with Gasteiger partial charge in [-0.1, -0.05) is 59.8 Å². The maximum atomic E-state index is 13.1. The van der Waals surface area contributed by atoms with Crippen molar-refractivity contribution < 1.29 is 9.18 Å². The van der Waals surface area contributed by atoms with Crippen LogP contribution in [0.25, 0.3) is 0 Å². The van der Waals surface area contributed by atoms with E-state index in [9.17, 15) is 9.18 Å². The Kier molecular flexibility index (Phi) is 6.65. The van der Waals surface area contributed by atoms with Gasteiger partial charge in [-0.2, -0.15) is 5.10 Å². The number of rotatable bonds is 6. The fraction of sp³-hybridized carbons (Fsp3) is 0.190. The highest BCUT2D eigenvalue weighted by Crippen LogP contribution is 2.31. The van der Waals surface area contributed by atoms with Gasteiger partial charge in [0.25, 0.3) is 0 Å². The second-order valence-electron chi connectivity index (χ2n) is 6.21. The monoisotopic (exact) mass is 415 g/mol. The first-order valence-electron chi connectivity index (χ1n) is 8.70. The van der Waals surface area contributed by atoms with Crippen molar-refractivity contribution in [3.05, 3.63) is 83.2 Å². The molecule has 1 amide bonds. The van der Waals surface area contributed by atoms with Gasteiger partial charge in [0.05, 0.1) is 11.0 Å². The first-order valence-corrected chi connectivity index (χ1v) is 9.96. The normalized spacial score (nSPS) is 18.8. The molecular weight excluding hydrogens is 397 g/mol. The molecule has 1 saturated heterocycles. The number of carbonyl (C=O) groups is 1. The van der Waals surface area contributed by atoms with Crippen LogP contribution in [0.1, 0.15) is 18.1 Å². The summed E-state index contributed by atoms with van der Waals surface area (Å²) in [6, 6.07) is 13.5. The number of benzene rings is 2. The van der Waals surface area contributed by atoms with Gasteiger partial charge in [-0.3, -0.25) is 9.69 Å². The molecule has 1 heterocycles. The van der Waals surface area contributed by atoms with Crippen molar-refractivity contribution in [3.63, 3.8) is 0 Å². The lowest BCUT2D eigenvalue weighted by Gasteiger charge is -2.13. The Morgan fingerprint density at radius 2 is 2.00 bits per heavy atom. The summed E-state index contributed by atoms with van der Waals surface area (Å²) in [4.78, 5) is 14.4. The Balaban J connectivity index is 1.82. The van der Waals surface area contributed by atoms with Gasteiger partial charge in [-0.05, 0) is 42.7 Å². The molecule has 1 aliphatic rings. The van der Waals surface area contributed by atoms with Gasteiger partial charge in [0.2, 0.25) is 5.91 Å². The zero-order chi connectivity index (χ0) is 20.1. The third-order valence-electron chi connectivity index (χ3n) is 4.24. The lowest BCUT2D eigenvalue weighted by molar-refractivity contribution is -0.125. The molecule has 28 heavy (non-hydrogen) atoms. The Hall–Kier alpha value is -2.44. The van der Waals surface area contributed by atoms with E-state index in [1.54, 1.807) is 30.0 Å². The van der Waals surface area contributed by atoms with Crippen LogP contribution in [0.15, 0.2) is 71.4 Å². The molecular formula is C21H19ClFN3OS. The summed E-state index contributed by atoms with van der Waals surface area (Å²) in [5, 5.41) is 9.36. The van der Waals surface area contributed by atoms with Gasteiger partial charge in [0.15, 0.2) is 5.17 Å². The fourth-order valence-electron chi connectivity index (χ4n) is 2.74. The molecule has 3 rings (SSSR count). The standard InChI is InChI=1S/C21H19ClFN3OS/c1-3-12-26-20(27)19(13-16-6-4-5-7-18(16)22)28-21(26)25-24-14(2)15-8-10-17(23)11-9-15/h3-11,19H,1,12-13H2,2H3/b24-14+,25-21-/t19-/m1/s1. The Morgan fingerprint density at radius 3 is 2.68 bits per heavy atom. The maximum absolute atomic E-state index is 13.1. The Bertz CT molecular complexity index is 943. The zero-order valence-electron chi connectivity index (χ0n) is 15.3. The summed E-state index contributed by atoms with van der Waals surface area (Å²) in [6.07, 6.45) is 2.17. The number of amidine groups is 1. The molecule has 1 aliphatic heterocycles. The van der Waals surface area contributed by atoms with E-state index < -0.39 is 0 Å². The number of nitrogens with zero attached hydrogens (tertiary/aromatic N) is 3. The van der Waals surface area contributed by atoms with Gasteiger partial charge >= 0.3 is 0 Å². The minimum Gasteiger partial charge on any atom is -0.285 e. The number of hydrogen-bond acceptors (Lipinski definition) is 4. The van der Waals surface area contributed by atoms with E-state index >= 15 is 0 Å². The molecule has 0 bridgehead atoms. The van der Waals surface area contributed by atoms with E-state index in [0.29, 0.717) is 28.9 Å². The average Bonchev–Trinajstić information content (AvgIpc) is 2.98. The van der Waals surface area contributed by atoms with E-state index in [0.717, 1.165) is 11.1 Å². The molecule has 1 fully saturated rings. The van der Waals surface area contributed by atoms with Crippen LogP contribution in [0.4, 0.5) is 4.39 Å². The topological polar surface area (TPSA) is 45.0 Å². The summed E-state index contributed by atoms with van der Waals surface area (Å²) in [6.45, 7) is 5.86. The molecule has 144 valence electrons. The van der Waals surface area contributed by atoms with Crippen LogP contribution in [0, 0.1) is 5.82 Å². The van der Waals surface area contributed by atoms with E-state index in [-0.39, 0.29) is 17.0 Å². The number of amides is 1. The Labute approximate surface area is 172 Å². The van der Waals surface area contributed by atoms with Gasteiger partial charge in [-0.25, -0.2) is 4.39 Å². The quantitative estimate of drug-likeness (QED) is 0.381. The molecule has 0 aromatic heterocycles. The number of halogens is 2. The van der Waals surface area contributed by atoms with Crippen LogP contribution in [-0.2, 0) is 11.2 Å². The maximum Gasteiger partial charge on any atom is 0.242 e. The zero-order valence-corrected chi connectivity index (χ0v) is 16.9. The van der Waals surface area contributed by atoms with Crippen molar-refractivity contribution in [1.82, 2.24) is 4.90 Å². The lowest BCUT2D eigenvalue weighted by atomic mass is 10.1. The molecule has 0 radical (unpaired) electrons. The highest BCUT2D eigenvalue weighted by molar-refractivity contribution is 8.15. The molecule has 7 heteroatoms. The summed E-state index contributed by atoms with van der Waals surface area (Å²) in [5.41, 5.74) is 2.32. The van der Waals surface area contributed by atoms with Crippen LogP contribution < -0.4 is 0 Å². The van der Waals surface area contributed by atoms with Crippen LogP contribution in [0.2, 0.25) is 5.02 Å². The fourth-order valence-corrected chi connectivity index (χ4v) is 4.08. The second kappa shape index (κ2) is 9.17. The van der Waals surface area contributed by atoms with E-state index in [1.807, 2.05) is 24.3 Å². The summed E-state index contributed by atoms with van der Waals surface area (Å²) < 4.78 is 13.1. The summed E-state index contributed by atoms with van der Waals surface area (Å²) in [5.74, 6) is -0.349. The smallest absolute Gasteiger partial charge is 0.242 e. The predicted molar refractivity (Wildman–Crippen MR) is 114 cm³/mol. The second-order valence-corrected chi connectivity index (χ2v) is 7.79. The molecule has 0 unspecified atom stereocenters. The number of carbonyl (C=O) groups excluding carboxylic acids is 1. The molecule has 2 aromatic rings. The molecule has 4 nitrogen and oxygen atoms in total. The highest BCUT2D eigenvalue weighted by Gasteiger charge is 2.37. The number of thioether (sulfide) groups is 1.